The number of hydrogen-bond acceptors (Lipinski definition) is 3. The van der Waals surface area contributed by atoms with Crippen LogP contribution in [0, 0.1) is 6.92 Å². The van der Waals surface area contributed by atoms with Crippen LogP contribution in [0.1, 0.15) is 18.1 Å². The molecule has 1 atom stereocenters. The summed E-state index contributed by atoms with van der Waals surface area (Å²) < 4.78 is 1.83. The van der Waals surface area contributed by atoms with Crippen LogP contribution in [0.4, 0.5) is 0 Å². The summed E-state index contributed by atoms with van der Waals surface area (Å²) in [6.45, 7) is 4.01. The Balaban J connectivity index is 2.28. The Labute approximate surface area is 95.1 Å². The normalized spacial score (nSPS) is 12.7. The van der Waals surface area contributed by atoms with Gasteiger partial charge in [0.1, 0.15) is 0 Å². The van der Waals surface area contributed by atoms with Crippen molar-refractivity contribution in [1.29, 1.82) is 0 Å². The highest BCUT2D eigenvalue weighted by molar-refractivity contribution is 5.32. The number of rotatable bonds is 3. The van der Waals surface area contributed by atoms with E-state index in [9.17, 15) is 0 Å². The zero-order valence-electron chi connectivity index (χ0n) is 9.59. The number of pyridine rings is 1. The van der Waals surface area contributed by atoms with E-state index in [0.29, 0.717) is 0 Å². The van der Waals surface area contributed by atoms with Gasteiger partial charge in [-0.1, -0.05) is 0 Å². The van der Waals surface area contributed by atoms with E-state index in [1.807, 2.05) is 37.1 Å². The molecule has 0 saturated heterocycles. The van der Waals surface area contributed by atoms with Crippen LogP contribution in [0.5, 0.6) is 0 Å². The minimum Gasteiger partial charge on any atom is -0.328 e. The first-order valence-corrected chi connectivity index (χ1v) is 5.36. The largest absolute Gasteiger partial charge is 0.328 e. The van der Waals surface area contributed by atoms with E-state index in [2.05, 4.69) is 16.1 Å². The molecule has 1 unspecified atom stereocenters. The fraction of sp³-hybridized carbons (Fsp3) is 0.333. The monoisotopic (exact) mass is 216 g/mol. The maximum absolute atomic E-state index is 5.77. The molecule has 2 rings (SSSR count). The van der Waals surface area contributed by atoms with E-state index >= 15 is 0 Å². The number of nitrogens with zero attached hydrogens (tertiary/aromatic N) is 3. The van der Waals surface area contributed by atoms with Gasteiger partial charge in [0.15, 0.2) is 0 Å². The summed E-state index contributed by atoms with van der Waals surface area (Å²) in [6.07, 6.45) is 8.30. The molecule has 4 nitrogen and oxygen atoms in total. The summed E-state index contributed by atoms with van der Waals surface area (Å²) in [7, 11) is 0. The Kier molecular flexibility index (Phi) is 3.01. The van der Waals surface area contributed by atoms with Crippen LogP contribution in [0.25, 0.3) is 5.69 Å². The summed E-state index contributed by atoms with van der Waals surface area (Å²) in [6, 6.07) is 2.22. The molecule has 0 saturated carbocycles. The Morgan fingerprint density at radius 2 is 2.19 bits per heavy atom. The first-order chi connectivity index (χ1) is 7.65. The SMILES string of the molecule is Cc1cnn(-c2cncc(CC(C)N)c2)c1. The molecular formula is C12H16N4. The third-order valence-electron chi connectivity index (χ3n) is 2.31. The maximum Gasteiger partial charge on any atom is 0.0831 e. The zero-order valence-corrected chi connectivity index (χ0v) is 9.59. The number of nitrogens with two attached hydrogens (primary N) is 1. The van der Waals surface area contributed by atoms with E-state index < -0.39 is 0 Å². The highest BCUT2D eigenvalue weighted by atomic mass is 15.3. The van der Waals surface area contributed by atoms with Crippen molar-refractivity contribution in [3.05, 3.63) is 42.0 Å². The van der Waals surface area contributed by atoms with Gasteiger partial charge in [0.25, 0.3) is 0 Å². The highest BCUT2D eigenvalue weighted by Crippen LogP contribution is 2.10. The molecule has 2 heterocycles. The quantitative estimate of drug-likeness (QED) is 0.845. The van der Waals surface area contributed by atoms with E-state index in [1.54, 1.807) is 6.20 Å². The third kappa shape index (κ3) is 2.46. The molecular weight excluding hydrogens is 200 g/mol. The lowest BCUT2D eigenvalue weighted by Crippen LogP contribution is -2.18. The predicted molar refractivity (Wildman–Crippen MR) is 63.4 cm³/mol. The van der Waals surface area contributed by atoms with E-state index in [0.717, 1.165) is 23.2 Å². The first kappa shape index (κ1) is 10.8. The summed E-state index contributed by atoms with van der Waals surface area (Å²) >= 11 is 0. The van der Waals surface area contributed by atoms with Crippen LogP contribution < -0.4 is 5.73 Å². The van der Waals surface area contributed by atoms with Crippen molar-refractivity contribution in [2.75, 3.05) is 0 Å². The molecule has 4 heteroatoms. The lowest BCUT2D eigenvalue weighted by atomic mass is 10.1. The van der Waals surface area contributed by atoms with E-state index in [4.69, 9.17) is 5.73 Å². The molecule has 84 valence electrons. The second kappa shape index (κ2) is 4.45. The summed E-state index contributed by atoms with van der Waals surface area (Å²) in [4.78, 5) is 4.21. The van der Waals surface area contributed by atoms with Gasteiger partial charge in [-0.25, -0.2) is 4.68 Å². The lowest BCUT2D eigenvalue weighted by molar-refractivity contribution is 0.733. The molecule has 16 heavy (non-hydrogen) atoms. The molecule has 0 bridgehead atoms. The average molecular weight is 216 g/mol. The summed E-state index contributed by atoms with van der Waals surface area (Å²) in [5.74, 6) is 0. The number of aromatic nitrogens is 3. The third-order valence-corrected chi connectivity index (χ3v) is 2.31. The van der Waals surface area contributed by atoms with Gasteiger partial charge in [-0.3, -0.25) is 4.98 Å². The zero-order chi connectivity index (χ0) is 11.5. The van der Waals surface area contributed by atoms with Gasteiger partial charge in [-0.2, -0.15) is 5.10 Å². The predicted octanol–water partition coefficient (Wildman–Crippen LogP) is 1.47. The fourth-order valence-corrected chi connectivity index (χ4v) is 1.64. The second-order valence-corrected chi connectivity index (χ2v) is 4.20. The van der Waals surface area contributed by atoms with Gasteiger partial charge in [0, 0.05) is 18.4 Å². The number of aryl methyl sites for hydroxylation is 1. The van der Waals surface area contributed by atoms with Crippen LogP contribution in [-0.4, -0.2) is 20.8 Å². The standard InChI is InChI=1S/C12H16N4/c1-9-5-15-16(8-9)12-4-11(3-10(2)13)6-14-7-12/h4-8,10H,3,13H2,1-2H3. The molecule has 2 N–H and O–H groups in total. The van der Waals surface area contributed by atoms with Gasteiger partial charge >= 0.3 is 0 Å². The first-order valence-electron chi connectivity index (χ1n) is 5.36. The highest BCUT2D eigenvalue weighted by Gasteiger charge is 2.02. The Morgan fingerprint density at radius 1 is 1.38 bits per heavy atom. The van der Waals surface area contributed by atoms with Gasteiger partial charge in [0.2, 0.25) is 0 Å². The van der Waals surface area contributed by atoms with Crippen molar-refractivity contribution < 1.29 is 0 Å². The smallest absolute Gasteiger partial charge is 0.0831 e. The minimum absolute atomic E-state index is 0.149. The molecule has 0 amide bonds. The van der Waals surface area contributed by atoms with Crippen molar-refractivity contribution in [3.8, 4) is 5.69 Å². The van der Waals surface area contributed by atoms with E-state index in [1.165, 1.54) is 0 Å². The van der Waals surface area contributed by atoms with Crippen molar-refractivity contribution in [1.82, 2.24) is 14.8 Å². The lowest BCUT2D eigenvalue weighted by Gasteiger charge is -2.06. The molecule has 2 aromatic heterocycles. The van der Waals surface area contributed by atoms with Crippen LogP contribution in [-0.2, 0) is 6.42 Å². The van der Waals surface area contributed by atoms with E-state index in [-0.39, 0.29) is 6.04 Å². The second-order valence-electron chi connectivity index (χ2n) is 4.20. The Morgan fingerprint density at radius 3 is 2.81 bits per heavy atom. The topological polar surface area (TPSA) is 56.7 Å². The summed E-state index contributed by atoms with van der Waals surface area (Å²) in [5.41, 5.74) is 9.02. The van der Waals surface area contributed by atoms with Crippen LogP contribution in [0.3, 0.4) is 0 Å². The van der Waals surface area contributed by atoms with Crippen molar-refractivity contribution in [2.24, 2.45) is 5.73 Å². The molecule has 2 aromatic rings. The van der Waals surface area contributed by atoms with Gasteiger partial charge in [-0.15, -0.1) is 0 Å². The molecule has 0 spiro atoms. The minimum atomic E-state index is 0.149. The van der Waals surface area contributed by atoms with Crippen molar-refractivity contribution in [3.63, 3.8) is 0 Å². The molecule has 0 fully saturated rings. The van der Waals surface area contributed by atoms with Crippen molar-refractivity contribution >= 4 is 0 Å². The van der Waals surface area contributed by atoms with Crippen LogP contribution in [0.15, 0.2) is 30.9 Å². The Bertz CT molecular complexity index is 473. The molecule has 0 aliphatic heterocycles. The molecule has 0 aliphatic carbocycles. The van der Waals surface area contributed by atoms with Gasteiger partial charge < -0.3 is 5.73 Å². The molecule has 0 aliphatic rings. The molecule has 0 aromatic carbocycles. The average Bonchev–Trinajstić information content (AvgIpc) is 2.64. The summed E-state index contributed by atoms with van der Waals surface area (Å²) in [5, 5.41) is 4.25. The van der Waals surface area contributed by atoms with Crippen LogP contribution in [0.2, 0.25) is 0 Å². The van der Waals surface area contributed by atoms with Crippen LogP contribution >= 0.6 is 0 Å². The maximum atomic E-state index is 5.77. The van der Waals surface area contributed by atoms with Crippen molar-refractivity contribution in [2.45, 2.75) is 26.3 Å². The molecule has 0 radical (unpaired) electrons. The fourth-order valence-electron chi connectivity index (χ4n) is 1.64. The van der Waals surface area contributed by atoms with Gasteiger partial charge in [-0.05, 0) is 37.5 Å². The number of hydrogen-bond donors (Lipinski definition) is 1. The van der Waals surface area contributed by atoms with Gasteiger partial charge in [0.05, 0.1) is 18.1 Å². The Hall–Kier alpha value is -1.68.